The van der Waals surface area contributed by atoms with Gasteiger partial charge in [0.15, 0.2) is 5.78 Å². The van der Waals surface area contributed by atoms with Crippen molar-refractivity contribution < 1.29 is 4.79 Å². The lowest BCUT2D eigenvalue weighted by Crippen LogP contribution is -2.24. The summed E-state index contributed by atoms with van der Waals surface area (Å²) in [4.78, 5) is 16.8. The summed E-state index contributed by atoms with van der Waals surface area (Å²) >= 11 is 15.5. The van der Waals surface area contributed by atoms with Crippen LogP contribution in [0.4, 0.5) is 5.69 Å². The third-order valence-corrected chi connectivity index (χ3v) is 5.12. The number of carbonyl (C=O) groups excluding carboxylic acids is 1. The zero-order valence-corrected chi connectivity index (χ0v) is 15.1. The average molecular weight is 412 g/mol. The molecular formula is C17H13BrCl2N2O. The maximum Gasteiger partial charge on any atom is 0.194 e. The first-order valence-corrected chi connectivity index (χ1v) is 8.64. The molecule has 1 unspecified atom stereocenters. The number of Topliss-reactive ketones (excluding diaryl/α,β-unsaturated/α-hetero) is 1. The molecule has 1 heterocycles. The fourth-order valence-electron chi connectivity index (χ4n) is 2.47. The number of hydrogen-bond acceptors (Lipinski definition) is 3. The van der Waals surface area contributed by atoms with E-state index in [2.05, 4.69) is 26.2 Å². The molecule has 1 aliphatic rings. The zero-order chi connectivity index (χ0) is 16.4. The largest absolute Gasteiger partial charge is 0.370 e. The lowest BCUT2D eigenvalue weighted by atomic mass is 10.1. The molecule has 0 fully saturated rings. The Morgan fingerprint density at radius 3 is 2.87 bits per heavy atom. The highest BCUT2D eigenvalue weighted by Crippen LogP contribution is 2.36. The minimum atomic E-state index is -0.462. The van der Waals surface area contributed by atoms with E-state index in [4.69, 9.17) is 23.2 Å². The molecular weight excluding hydrogens is 399 g/mol. The van der Waals surface area contributed by atoms with E-state index < -0.39 is 6.04 Å². The standard InChI is InChI=1S/C17H13BrCl2N2O/c18-12-4-5-13-15(16(12)20)17(23)14(22-13)9-21-7-6-10-2-1-3-11(19)8-10/h1-5,8-9,14,22H,6-7H2. The van der Waals surface area contributed by atoms with E-state index in [0.29, 0.717) is 21.6 Å². The second-order valence-electron chi connectivity index (χ2n) is 5.21. The topological polar surface area (TPSA) is 41.5 Å². The Morgan fingerprint density at radius 1 is 1.26 bits per heavy atom. The lowest BCUT2D eigenvalue weighted by Gasteiger charge is -2.03. The van der Waals surface area contributed by atoms with Gasteiger partial charge in [0.1, 0.15) is 6.04 Å². The first kappa shape index (κ1) is 16.5. The number of nitrogens with one attached hydrogen (secondary N) is 1. The van der Waals surface area contributed by atoms with E-state index >= 15 is 0 Å². The summed E-state index contributed by atoms with van der Waals surface area (Å²) in [6.45, 7) is 0.597. The number of fused-ring (bicyclic) bond motifs is 1. The highest BCUT2D eigenvalue weighted by molar-refractivity contribution is 9.10. The van der Waals surface area contributed by atoms with Crippen molar-refractivity contribution in [2.24, 2.45) is 4.99 Å². The number of anilines is 1. The van der Waals surface area contributed by atoms with Crippen LogP contribution >= 0.6 is 39.1 Å². The lowest BCUT2D eigenvalue weighted by molar-refractivity contribution is 0.1000. The Labute approximate surface area is 152 Å². The van der Waals surface area contributed by atoms with Crippen molar-refractivity contribution in [2.75, 3.05) is 11.9 Å². The molecule has 118 valence electrons. The summed E-state index contributed by atoms with van der Waals surface area (Å²) in [7, 11) is 0. The first-order chi connectivity index (χ1) is 11.1. The highest BCUT2D eigenvalue weighted by Gasteiger charge is 2.31. The minimum Gasteiger partial charge on any atom is -0.370 e. The second kappa shape index (κ2) is 7.04. The van der Waals surface area contributed by atoms with Crippen LogP contribution in [0.3, 0.4) is 0 Å². The average Bonchev–Trinajstić information content (AvgIpc) is 2.85. The van der Waals surface area contributed by atoms with Crippen LogP contribution < -0.4 is 5.32 Å². The Balaban J connectivity index is 1.64. The van der Waals surface area contributed by atoms with Crippen molar-refractivity contribution in [3.63, 3.8) is 0 Å². The Hall–Kier alpha value is -1.36. The smallest absolute Gasteiger partial charge is 0.194 e. The van der Waals surface area contributed by atoms with Crippen molar-refractivity contribution >= 4 is 56.8 Å². The number of aliphatic imine (C=N–C) groups is 1. The molecule has 0 saturated carbocycles. The summed E-state index contributed by atoms with van der Waals surface area (Å²) < 4.78 is 0.714. The zero-order valence-electron chi connectivity index (χ0n) is 12.0. The molecule has 0 bridgehead atoms. The van der Waals surface area contributed by atoms with Gasteiger partial charge >= 0.3 is 0 Å². The van der Waals surface area contributed by atoms with Gasteiger partial charge in [-0.3, -0.25) is 9.79 Å². The molecule has 1 aliphatic heterocycles. The number of ketones is 1. The predicted molar refractivity (Wildman–Crippen MR) is 99.4 cm³/mol. The molecule has 0 aromatic heterocycles. The number of carbonyl (C=O) groups is 1. The molecule has 1 atom stereocenters. The van der Waals surface area contributed by atoms with Crippen LogP contribution in [0.15, 0.2) is 45.9 Å². The number of benzene rings is 2. The maximum atomic E-state index is 12.4. The molecule has 3 rings (SSSR count). The fourth-order valence-corrected chi connectivity index (χ4v) is 3.27. The van der Waals surface area contributed by atoms with Gasteiger partial charge in [0.2, 0.25) is 0 Å². The number of hydrogen-bond donors (Lipinski definition) is 1. The van der Waals surface area contributed by atoms with Crippen LogP contribution in [0.5, 0.6) is 0 Å². The summed E-state index contributed by atoms with van der Waals surface area (Å²) in [5.41, 5.74) is 2.39. The van der Waals surface area contributed by atoms with Gasteiger partial charge in [-0.25, -0.2) is 0 Å². The van der Waals surface area contributed by atoms with Crippen LogP contribution in [0.25, 0.3) is 0 Å². The van der Waals surface area contributed by atoms with Gasteiger partial charge in [-0.2, -0.15) is 0 Å². The number of nitrogens with zero attached hydrogens (tertiary/aromatic N) is 1. The van der Waals surface area contributed by atoms with Gasteiger partial charge in [-0.1, -0.05) is 35.3 Å². The van der Waals surface area contributed by atoms with Crippen LogP contribution in [0.1, 0.15) is 15.9 Å². The summed E-state index contributed by atoms with van der Waals surface area (Å²) in [6, 6.07) is 10.9. The molecule has 0 aliphatic carbocycles. The van der Waals surface area contributed by atoms with Crippen molar-refractivity contribution in [1.29, 1.82) is 0 Å². The van der Waals surface area contributed by atoms with E-state index in [-0.39, 0.29) is 5.78 Å². The Bertz CT molecular complexity index is 792. The molecule has 2 aromatic carbocycles. The first-order valence-electron chi connectivity index (χ1n) is 7.09. The molecule has 1 N–H and O–H groups in total. The molecule has 6 heteroatoms. The third-order valence-electron chi connectivity index (χ3n) is 3.61. The van der Waals surface area contributed by atoms with Crippen molar-refractivity contribution in [2.45, 2.75) is 12.5 Å². The van der Waals surface area contributed by atoms with Gasteiger partial charge < -0.3 is 5.32 Å². The van der Waals surface area contributed by atoms with Crippen LogP contribution in [0.2, 0.25) is 10.0 Å². The number of rotatable bonds is 4. The van der Waals surface area contributed by atoms with E-state index in [0.717, 1.165) is 22.7 Å². The van der Waals surface area contributed by atoms with E-state index in [1.165, 1.54) is 0 Å². The summed E-state index contributed by atoms with van der Waals surface area (Å²) in [5, 5.41) is 4.29. The minimum absolute atomic E-state index is 0.0576. The predicted octanol–water partition coefficient (Wildman–Crippen LogP) is 5.05. The molecule has 3 nitrogen and oxygen atoms in total. The van der Waals surface area contributed by atoms with Gasteiger partial charge in [-0.15, -0.1) is 0 Å². The van der Waals surface area contributed by atoms with Crippen molar-refractivity contribution in [3.8, 4) is 0 Å². The molecule has 23 heavy (non-hydrogen) atoms. The van der Waals surface area contributed by atoms with E-state index in [1.807, 2.05) is 36.4 Å². The fraction of sp³-hybridized carbons (Fsp3) is 0.176. The third kappa shape index (κ3) is 3.60. The van der Waals surface area contributed by atoms with Crippen LogP contribution in [-0.2, 0) is 6.42 Å². The molecule has 0 saturated heterocycles. The Kier molecular flexibility index (Phi) is 5.05. The van der Waals surface area contributed by atoms with E-state index in [9.17, 15) is 4.79 Å². The van der Waals surface area contributed by atoms with E-state index in [1.54, 1.807) is 6.21 Å². The Morgan fingerprint density at radius 2 is 2.09 bits per heavy atom. The quantitative estimate of drug-likeness (QED) is 0.715. The van der Waals surface area contributed by atoms with Crippen LogP contribution in [-0.4, -0.2) is 24.6 Å². The highest BCUT2D eigenvalue weighted by atomic mass is 79.9. The summed E-state index contributed by atoms with van der Waals surface area (Å²) in [6.07, 6.45) is 2.42. The molecule has 2 aromatic rings. The van der Waals surface area contributed by atoms with Crippen LogP contribution in [0, 0.1) is 0 Å². The maximum absolute atomic E-state index is 12.4. The normalized spacial score (nSPS) is 16.7. The monoisotopic (exact) mass is 410 g/mol. The van der Waals surface area contributed by atoms with Crippen molar-refractivity contribution in [3.05, 3.63) is 62.0 Å². The van der Waals surface area contributed by atoms with Gasteiger partial charge in [-0.05, 0) is 52.2 Å². The second-order valence-corrected chi connectivity index (χ2v) is 6.87. The van der Waals surface area contributed by atoms with Crippen molar-refractivity contribution in [1.82, 2.24) is 0 Å². The molecule has 0 spiro atoms. The molecule has 0 amide bonds. The van der Waals surface area contributed by atoms with Gasteiger partial charge in [0.25, 0.3) is 0 Å². The molecule has 0 radical (unpaired) electrons. The van der Waals surface area contributed by atoms with Gasteiger partial charge in [0, 0.05) is 27.9 Å². The van der Waals surface area contributed by atoms with Gasteiger partial charge in [0.05, 0.1) is 10.6 Å². The number of halogens is 3. The SMILES string of the molecule is O=C1c2c(ccc(Br)c2Cl)NC1C=NCCc1cccc(Cl)c1. The summed E-state index contributed by atoms with van der Waals surface area (Å²) in [5.74, 6) is -0.0576.